The van der Waals surface area contributed by atoms with E-state index in [1.807, 2.05) is 0 Å². The molecule has 0 saturated heterocycles. The SMILES string of the molecule is N[C@@H](C(=O)O)c1c[nH]c2ccccc2c1=O. The van der Waals surface area contributed by atoms with Gasteiger partial charge in [0.15, 0.2) is 5.43 Å². The van der Waals surface area contributed by atoms with Gasteiger partial charge >= 0.3 is 5.97 Å². The van der Waals surface area contributed by atoms with Crippen LogP contribution in [-0.2, 0) is 4.79 Å². The van der Waals surface area contributed by atoms with E-state index in [1.165, 1.54) is 6.20 Å². The summed E-state index contributed by atoms with van der Waals surface area (Å²) in [4.78, 5) is 25.5. The summed E-state index contributed by atoms with van der Waals surface area (Å²) in [6, 6.07) is 5.58. The van der Waals surface area contributed by atoms with Crippen LogP contribution in [0.25, 0.3) is 10.9 Å². The standard InChI is InChI=1S/C11H10N2O3/c12-9(11(15)16)7-5-13-8-4-2-1-3-6(8)10(7)14/h1-5,9H,12H2,(H,13,14)(H,15,16)/t9-/m1/s1. The van der Waals surface area contributed by atoms with Gasteiger partial charge in [0.2, 0.25) is 0 Å². The predicted molar refractivity (Wildman–Crippen MR) is 59.1 cm³/mol. The lowest BCUT2D eigenvalue weighted by Crippen LogP contribution is -2.27. The molecule has 0 unspecified atom stereocenters. The van der Waals surface area contributed by atoms with Crippen molar-refractivity contribution in [1.29, 1.82) is 0 Å². The fourth-order valence-corrected chi connectivity index (χ4v) is 1.55. The monoisotopic (exact) mass is 218 g/mol. The number of pyridine rings is 1. The molecular formula is C11H10N2O3. The summed E-state index contributed by atoms with van der Waals surface area (Å²) in [7, 11) is 0. The smallest absolute Gasteiger partial charge is 0.325 e. The molecule has 82 valence electrons. The molecule has 5 nitrogen and oxygen atoms in total. The Hall–Kier alpha value is -2.14. The number of fused-ring (bicyclic) bond motifs is 1. The average Bonchev–Trinajstić information content (AvgIpc) is 2.29. The highest BCUT2D eigenvalue weighted by atomic mass is 16.4. The molecule has 0 bridgehead atoms. The maximum atomic E-state index is 11.9. The Morgan fingerprint density at radius 2 is 2.06 bits per heavy atom. The minimum atomic E-state index is -1.30. The average molecular weight is 218 g/mol. The topological polar surface area (TPSA) is 96.2 Å². The van der Waals surface area contributed by atoms with E-state index in [9.17, 15) is 9.59 Å². The molecule has 16 heavy (non-hydrogen) atoms. The van der Waals surface area contributed by atoms with Crippen LogP contribution in [0.15, 0.2) is 35.3 Å². The summed E-state index contributed by atoms with van der Waals surface area (Å²) in [5, 5.41) is 9.20. The number of carbonyl (C=O) groups is 1. The highest BCUT2D eigenvalue weighted by Gasteiger charge is 2.18. The number of nitrogens with one attached hydrogen (secondary N) is 1. The zero-order valence-corrected chi connectivity index (χ0v) is 8.31. The lowest BCUT2D eigenvalue weighted by atomic mass is 10.1. The van der Waals surface area contributed by atoms with Crippen LogP contribution < -0.4 is 11.2 Å². The number of hydrogen-bond donors (Lipinski definition) is 3. The van der Waals surface area contributed by atoms with E-state index in [4.69, 9.17) is 10.8 Å². The number of nitrogens with two attached hydrogens (primary N) is 1. The number of benzene rings is 1. The Labute approximate surface area is 90.5 Å². The Morgan fingerprint density at radius 1 is 1.38 bits per heavy atom. The van der Waals surface area contributed by atoms with Gasteiger partial charge in [-0.3, -0.25) is 9.59 Å². The van der Waals surface area contributed by atoms with Crippen LogP contribution in [0, 0.1) is 0 Å². The van der Waals surface area contributed by atoms with Crippen molar-refractivity contribution in [3.05, 3.63) is 46.2 Å². The van der Waals surface area contributed by atoms with Crippen molar-refractivity contribution in [2.24, 2.45) is 5.73 Å². The zero-order chi connectivity index (χ0) is 11.7. The number of hydrogen-bond acceptors (Lipinski definition) is 3. The second-order valence-corrected chi connectivity index (χ2v) is 3.43. The molecule has 0 saturated carbocycles. The molecule has 1 aromatic carbocycles. The third-order valence-corrected chi connectivity index (χ3v) is 2.42. The molecule has 0 aliphatic rings. The Kier molecular flexibility index (Phi) is 2.46. The van der Waals surface area contributed by atoms with Gasteiger partial charge in [-0.25, -0.2) is 0 Å². The number of H-pyrrole nitrogens is 1. The van der Waals surface area contributed by atoms with Gasteiger partial charge in [0.1, 0.15) is 6.04 Å². The first-order valence-electron chi connectivity index (χ1n) is 4.70. The summed E-state index contributed by atoms with van der Waals surface area (Å²) in [6.45, 7) is 0. The summed E-state index contributed by atoms with van der Waals surface area (Å²) in [5.74, 6) is -1.22. The third kappa shape index (κ3) is 1.57. The maximum absolute atomic E-state index is 11.9. The van der Waals surface area contributed by atoms with Crippen LogP contribution in [0.2, 0.25) is 0 Å². The minimum absolute atomic E-state index is 0.0613. The van der Waals surface area contributed by atoms with Gasteiger partial charge in [-0.2, -0.15) is 0 Å². The summed E-state index contributed by atoms with van der Waals surface area (Å²) < 4.78 is 0. The fourth-order valence-electron chi connectivity index (χ4n) is 1.55. The Morgan fingerprint density at radius 3 is 2.75 bits per heavy atom. The number of aromatic amines is 1. The minimum Gasteiger partial charge on any atom is -0.480 e. The number of carboxylic acid groups (broad SMARTS) is 1. The molecule has 1 atom stereocenters. The molecule has 4 N–H and O–H groups in total. The van der Waals surface area contributed by atoms with E-state index in [0.29, 0.717) is 10.9 Å². The molecular weight excluding hydrogens is 208 g/mol. The zero-order valence-electron chi connectivity index (χ0n) is 8.31. The van der Waals surface area contributed by atoms with Crippen molar-refractivity contribution in [2.45, 2.75) is 6.04 Å². The molecule has 1 aromatic heterocycles. The third-order valence-electron chi connectivity index (χ3n) is 2.42. The molecule has 0 fully saturated rings. The summed E-state index contributed by atoms with van der Waals surface area (Å²) in [6.07, 6.45) is 1.35. The number of para-hydroxylation sites is 1. The molecule has 0 spiro atoms. The van der Waals surface area contributed by atoms with Crippen LogP contribution in [-0.4, -0.2) is 16.1 Å². The van der Waals surface area contributed by atoms with Crippen molar-refractivity contribution in [3.8, 4) is 0 Å². The molecule has 2 rings (SSSR count). The first kappa shape index (κ1) is 10.4. The second kappa shape index (κ2) is 3.79. The van der Waals surface area contributed by atoms with Gasteiger partial charge in [-0.05, 0) is 12.1 Å². The first-order chi connectivity index (χ1) is 7.61. The summed E-state index contributed by atoms with van der Waals surface area (Å²) >= 11 is 0. The quantitative estimate of drug-likeness (QED) is 0.688. The molecule has 2 aromatic rings. The fraction of sp³-hybridized carbons (Fsp3) is 0.0909. The molecule has 0 radical (unpaired) electrons. The molecule has 0 aliphatic heterocycles. The maximum Gasteiger partial charge on any atom is 0.325 e. The summed E-state index contributed by atoms with van der Waals surface area (Å²) in [5.41, 5.74) is 5.79. The number of carboxylic acids is 1. The van der Waals surface area contributed by atoms with Crippen molar-refractivity contribution < 1.29 is 9.90 Å². The van der Waals surface area contributed by atoms with Crippen LogP contribution in [0.5, 0.6) is 0 Å². The van der Waals surface area contributed by atoms with Crippen LogP contribution in [0.1, 0.15) is 11.6 Å². The Bertz CT molecular complexity index is 603. The van der Waals surface area contributed by atoms with E-state index >= 15 is 0 Å². The number of aliphatic carboxylic acids is 1. The normalized spacial score (nSPS) is 12.6. The highest BCUT2D eigenvalue weighted by molar-refractivity contribution is 5.81. The lowest BCUT2D eigenvalue weighted by molar-refractivity contribution is -0.138. The largest absolute Gasteiger partial charge is 0.480 e. The van der Waals surface area contributed by atoms with Crippen molar-refractivity contribution in [3.63, 3.8) is 0 Å². The van der Waals surface area contributed by atoms with E-state index in [1.54, 1.807) is 24.3 Å². The van der Waals surface area contributed by atoms with Crippen LogP contribution in [0.3, 0.4) is 0 Å². The van der Waals surface area contributed by atoms with Crippen molar-refractivity contribution in [2.75, 3.05) is 0 Å². The first-order valence-corrected chi connectivity index (χ1v) is 4.70. The van der Waals surface area contributed by atoms with Crippen LogP contribution in [0.4, 0.5) is 0 Å². The van der Waals surface area contributed by atoms with E-state index in [0.717, 1.165) is 0 Å². The molecule has 5 heteroatoms. The predicted octanol–water partition coefficient (Wildman–Crippen LogP) is 0.612. The van der Waals surface area contributed by atoms with E-state index in [2.05, 4.69) is 4.98 Å². The Balaban J connectivity index is 2.70. The van der Waals surface area contributed by atoms with Crippen LogP contribution >= 0.6 is 0 Å². The van der Waals surface area contributed by atoms with E-state index < -0.39 is 12.0 Å². The number of rotatable bonds is 2. The van der Waals surface area contributed by atoms with Gasteiger partial charge in [-0.15, -0.1) is 0 Å². The van der Waals surface area contributed by atoms with Gasteiger partial charge in [0.05, 0.1) is 0 Å². The van der Waals surface area contributed by atoms with Gasteiger partial charge < -0.3 is 15.8 Å². The highest BCUT2D eigenvalue weighted by Crippen LogP contribution is 2.10. The van der Waals surface area contributed by atoms with Crippen molar-refractivity contribution in [1.82, 2.24) is 4.98 Å². The van der Waals surface area contributed by atoms with Gasteiger partial charge in [-0.1, -0.05) is 12.1 Å². The lowest BCUT2D eigenvalue weighted by Gasteiger charge is -2.06. The molecule has 1 heterocycles. The van der Waals surface area contributed by atoms with Gasteiger partial charge in [0, 0.05) is 22.7 Å². The number of aromatic nitrogens is 1. The molecule has 0 aliphatic carbocycles. The molecule has 0 amide bonds. The van der Waals surface area contributed by atoms with Gasteiger partial charge in [0.25, 0.3) is 0 Å². The van der Waals surface area contributed by atoms with E-state index in [-0.39, 0.29) is 11.0 Å². The second-order valence-electron chi connectivity index (χ2n) is 3.43. The van der Waals surface area contributed by atoms with Crippen molar-refractivity contribution >= 4 is 16.9 Å².